The second-order valence-corrected chi connectivity index (χ2v) is 5.76. The normalized spacial score (nSPS) is 11.2. The zero-order chi connectivity index (χ0) is 17.6. The zero-order valence-electron chi connectivity index (χ0n) is 14.2. The molecule has 1 N–H and O–H groups in total. The smallest absolute Gasteiger partial charge is 0.256 e. The van der Waals surface area contributed by atoms with Crippen LogP contribution in [0, 0.1) is 0 Å². The Morgan fingerprint density at radius 2 is 1.40 bits per heavy atom. The van der Waals surface area contributed by atoms with E-state index < -0.39 is 0 Å². The van der Waals surface area contributed by atoms with Gasteiger partial charge < -0.3 is 19.2 Å². The third kappa shape index (κ3) is 2.20. The van der Waals surface area contributed by atoms with E-state index in [1.165, 1.54) is 0 Å². The van der Waals surface area contributed by atoms with Gasteiger partial charge in [-0.15, -0.1) is 0 Å². The molecular weight excluding hydrogens is 318 g/mol. The van der Waals surface area contributed by atoms with Gasteiger partial charge in [-0.25, -0.2) is 0 Å². The predicted octanol–water partition coefficient (Wildman–Crippen LogP) is 3.86. The van der Waals surface area contributed by atoms with Crippen LogP contribution in [0.4, 0.5) is 0 Å². The third-order valence-electron chi connectivity index (χ3n) is 4.56. The standard InChI is InChI=1S/C20H17NO4/c1-23-11-4-5-12-13-6-7-21-20(22)19(13)16-10-18(25-3)17(24-2)9-15(16)14(12)8-11/h4-10H,1-3H3,(H,21,22). The van der Waals surface area contributed by atoms with Crippen LogP contribution < -0.4 is 19.8 Å². The topological polar surface area (TPSA) is 60.6 Å². The van der Waals surface area contributed by atoms with E-state index in [1.54, 1.807) is 27.5 Å². The average Bonchev–Trinajstić information content (AvgIpc) is 2.66. The molecule has 0 atom stereocenters. The van der Waals surface area contributed by atoms with Crippen LogP contribution in [-0.2, 0) is 0 Å². The molecule has 3 aromatic carbocycles. The molecule has 0 spiro atoms. The van der Waals surface area contributed by atoms with Gasteiger partial charge in [0.05, 0.1) is 26.7 Å². The van der Waals surface area contributed by atoms with Crippen molar-refractivity contribution in [2.75, 3.05) is 21.3 Å². The van der Waals surface area contributed by atoms with E-state index in [0.29, 0.717) is 16.9 Å². The van der Waals surface area contributed by atoms with Gasteiger partial charge in [0.1, 0.15) is 5.75 Å². The number of benzene rings is 3. The van der Waals surface area contributed by atoms with Crippen molar-refractivity contribution in [3.63, 3.8) is 0 Å². The third-order valence-corrected chi connectivity index (χ3v) is 4.56. The van der Waals surface area contributed by atoms with E-state index in [0.717, 1.165) is 32.7 Å². The fourth-order valence-corrected chi connectivity index (χ4v) is 3.39. The summed E-state index contributed by atoms with van der Waals surface area (Å²) in [5.41, 5.74) is -0.132. The summed E-state index contributed by atoms with van der Waals surface area (Å²) in [6.07, 6.45) is 1.67. The van der Waals surface area contributed by atoms with Crippen molar-refractivity contribution >= 4 is 32.3 Å². The molecule has 0 saturated carbocycles. The molecule has 0 amide bonds. The highest BCUT2D eigenvalue weighted by Gasteiger charge is 2.15. The van der Waals surface area contributed by atoms with Gasteiger partial charge in [-0.2, -0.15) is 0 Å². The number of aromatic amines is 1. The van der Waals surface area contributed by atoms with Crippen LogP contribution in [-0.4, -0.2) is 26.3 Å². The Morgan fingerprint density at radius 1 is 0.720 bits per heavy atom. The Balaban J connectivity index is 2.34. The first-order chi connectivity index (χ1) is 12.2. The first-order valence-corrected chi connectivity index (χ1v) is 7.84. The van der Waals surface area contributed by atoms with Crippen molar-refractivity contribution in [2.24, 2.45) is 0 Å². The van der Waals surface area contributed by atoms with Gasteiger partial charge in [-0.3, -0.25) is 4.79 Å². The molecule has 0 aliphatic heterocycles. The van der Waals surface area contributed by atoms with Gasteiger partial charge in [0, 0.05) is 6.20 Å². The number of rotatable bonds is 3. The van der Waals surface area contributed by atoms with E-state index in [4.69, 9.17) is 14.2 Å². The van der Waals surface area contributed by atoms with Crippen LogP contribution in [0.25, 0.3) is 32.3 Å². The first kappa shape index (κ1) is 15.3. The molecule has 126 valence electrons. The van der Waals surface area contributed by atoms with E-state index in [-0.39, 0.29) is 5.56 Å². The van der Waals surface area contributed by atoms with E-state index in [1.807, 2.05) is 36.4 Å². The first-order valence-electron chi connectivity index (χ1n) is 7.84. The molecule has 4 aromatic rings. The molecule has 1 heterocycles. The molecule has 0 fully saturated rings. The Morgan fingerprint density at radius 3 is 2.08 bits per heavy atom. The van der Waals surface area contributed by atoms with Crippen LogP contribution >= 0.6 is 0 Å². The predicted molar refractivity (Wildman–Crippen MR) is 99.2 cm³/mol. The molecule has 0 aliphatic rings. The van der Waals surface area contributed by atoms with Crippen LogP contribution in [0.1, 0.15) is 0 Å². The summed E-state index contributed by atoms with van der Waals surface area (Å²) in [6, 6.07) is 11.5. The number of nitrogens with one attached hydrogen (secondary N) is 1. The van der Waals surface area contributed by atoms with Crippen LogP contribution in [0.3, 0.4) is 0 Å². The van der Waals surface area contributed by atoms with Gasteiger partial charge in [0.2, 0.25) is 0 Å². The monoisotopic (exact) mass is 335 g/mol. The Bertz CT molecular complexity index is 1180. The van der Waals surface area contributed by atoms with Crippen molar-refractivity contribution in [2.45, 2.75) is 0 Å². The second kappa shape index (κ2) is 5.70. The molecule has 5 heteroatoms. The number of H-pyrrole nitrogens is 1. The van der Waals surface area contributed by atoms with Crippen LogP contribution in [0.5, 0.6) is 17.2 Å². The molecule has 0 aliphatic carbocycles. The molecule has 5 nitrogen and oxygen atoms in total. The summed E-state index contributed by atoms with van der Waals surface area (Å²) in [6.45, 7) is 0. The molecular formula is C20H17NO4. The van der Waals surface area contributed by atoms with Gasteiger partial charge in [-0.05, 0) is 57.3 Å². The molecule has 4 rings (SSSR count). The van der Waals surface area contributed by atoms with Crippen molar-refractivity contribution in [3.05, 3.63) is 52.9 Å². The Labute approximate surface area is 143 Å². The molecule has 0 saturated heterocycles. The summed E-state index contributed by atoms with van der Waals surface area (Å²) >= 11 is 0. The number of methoxy groups -OCH3 is 3. The summed E-state index contributed by atoms with van der Waals surface area (Å²) in [5.74, 6) is 1.96. The zero-order valence-corrected chi connectivity index (χ0v) is 14.2. The largest absolute Gasteiger partial charge is 0.497 e. The number of aromatic nitrogens is 1. The lowest BCUT2D eigenvalue weighted by molar-refractivity contribution is 0.356. The maximum atomic E-state index is 12.6. The minimum absolute atomic E-state index is 0.132. The highest BCUT2D eigenvalue weighted by atomic mass is 16.5. The van der Waals surface area contributed by atoms with Crippen molar-refractivity contribution in [3.8, 4) is 17.2 Å². The van der Waals surface area contributed by atoms with Crippen molar-refractivity contribution in [1.82, 2.24) is 4.98 Å². The molecule has 25 heavy (non-hydrogen) atoms. The highest BCUT2D eigenvalue weighted by molar-refractivity contribution is 6.25. The lowest BCUT2D eigenvalue weighted by atomic mass is 9.94. The quantitative estimate of drug-likeness (QED) is 0.578. The number of hydrogen-bond acceptors (Lipinski definition) is 4. The number of hydrogen-bond donors (Lipinski definition) is 1. The molecule has 0 bridgehead atoms. The lowest BCUT2D eigenvalue weighted by Gasteiger charge is -2.14. The number of fused-ring (bicyclic) bond motifs is 6. The minimum Gasteiger partial charge on any atom is -0.497 e. The molecule has 0 radical (unpaired) electrons. The van der Waals surface area contributed by atoms with Gasteiger partial charge in [-0.1, -0.05) is 6.07 Å². The SMILES string of the molecule is COc1ccc2c(c1)c1cc(OC)c(OC)cc1c1c(=O)[nH]ccc21. The van der Waals surface area contributed by atoms with E-state index in [9.17, 15) is 4.79 Å². The number of pyridine rings is 1. The fourth-order valence-electron chi connectivity index (χ4n) is 3.39. The number of ether oxygens (including phenoxy) is 3. The van der Waals surface area contributed by atoms with Gasteiger partial charge in [0.15, 0.2) is 11.5 Å². The summed E-state index contributed by atoms with van der Waals surface area (Å²) in [5, 5.41) is 5.23. The van der Waals surface area contributed by atoms with E-state index in [2.05, 4.69) is 4.98 Å². The maximum absolute atomic E-state index is 12.6. The highest BCUT2D eigenvalue weighted by Crippen LogP contribution is 2.40. The molecule has 1 aromatic heterocycles. The average molecular weight is 335 g/mol. The summed E-state index contributed by atoms with van der Waals surface area (Å²) in [4.78, 5) is 15.3. The molecule has 0 unspecified atom stereocenters. The van der Waals surface area contributed by atoms with Crippen molar-refractivity contribution in [1.29, 1.82) is 0 Å². The summed E-state index contributed by atoms with van der Waals surface area (Å²) < 4.78 is 16.3. The fraction of sp³-hybridized carbons (Fsp3) is 0.150. The van der Waals surface area contributed by atoms with E-state index >= 15 is 0 Å². The summed E-state index contributed by atoms with van der Waals surface area (Å²) in [7, 11) is 4.82. The minimum atomic E-state index is -0.132. The Hall–Kier alpha value is -3.21. The lowest BCUT2D eigenvalue weighted by Crippen LogP contribution is -2.05. The van der Waals surface area contributed by atoms with Crippen molar-refractivity contribution < 1.29 is 14.2 Å². The van der Waals surface area contributed by atoms with Gasteiger partial charge >= 0.3 is 0 Å². The second-order valence-electron chi connectivity index (χ2n) is 5.76. The maximum Gasteiger partial charge on any atom is 0.256 e. The van der Waals surface area contributed by atoms with Crippen LogP contribution in [0.15, 0.2) is 47.4 Å². The Kier molecular flexibility index (Phi) is 3.50. The van der Waals surface area contributed by atoms with Gasteiger partial charge in [0.25, 0.3) is 5.56 Å². The van der Waals surface area contributed by atoms with Crippen LogP contribution in [0.2, 0.25) is 0 Å².